The van der Waals surface area contributed by atoms with Crippen LogP contribution in [0.5, 0.6) is 0 Å². The number of hydrogen-bond acceptors (Lipinski definition) is 7. The summed E-state index contributed by atoms with van der Waals surface area (Å²) < 4.78 is 13.7. The number of thioether (sulfide) groups is 1. The maximum atomic E-state index is 13.2. The summed E-state index contributed by atoms with van der Waals surface area (Å²) in [6, 6.07) is 12.1. The normalized spacial score (nSPS) is 10.3. The van der Waals surface area contributed by atoms with Gasteiger partial charge in [-0.2, -0.15) is 0 Å². The van der Waals surface area contributed by atoms with Crippen LogP contribution in [0, 0.1) is 5.82 Å². The topological polar surface area (TPSA) is 113 Å². The van der Waals surface area contributed by atoms with Gasteiger partial charge >= 0.3 is 0 Å². The molecule has 0 bridgehead atoms. The fourth-order valence-electron chi connectivity index (χ4n) is 2.32. The van der Waals surface area contributed by atoms with E-state index in [9.17, 15) is 18.8 Å². The lowest BCUT2D eigenvalue weighted by atomic mass is 10.2. The summed E-state index contributed by atoms with van der Waals surface area (Å²) in [5, 5.41) is 15.9. The highest BCUT2D eigenvalue weighted by Gasteiger charge is 2.12. The summed E-state index contributed by atoms with van der Waals surface area (Å²) >= 11 is 2.27. The number of nitrogens with one attached hydrogen (secondary N) is 3. The van der Waals surface area contributed by atoms with Crippen molar-refractivity contribution in [3.63, 3.8) is 0 Å². The van der Waals surface area contributed by atoms with Crippen LogP contribution < -0.4 is 16.0 Å². The average Bonchev–Trinajstić information content (AvgIpc) is 3.13. The van der Waals surface area contributed by atoms with E-state index in [-0.39, 0.29) is 28.3 Å². The predicted molar refractivity (Wildman–Crippen MR) is 114 cm³/mol. The molecule has 3 rings (SSSR count). The van der Waals surface area contributed by atoms with Gasteiger partial charge in [-0.25, -0.2) is 4.39 Å². The van der Waals surface area contributed by atoms with Crippen molar-refractivity contribution in [1.29, 1.82) is 0 Å². The van der Waals surface area contributed by atoms with E-state index < -0.39 is 11.7 Å². The fourth-order valence-corrected chi connectivity index (χ4v) is 3.87. The number of aromatic nitrogens is 2. The van der Waals surface area contributed by atoms with E-state index in [1.165, 1.54) is 25.1 Å². The van der Waals surface area contributed by atoms with Crippen LogP contribution in [0.3, 0.4) is 0 Å². The number of benzene rings is 2. The first-order valence-electron chi connectivity index (χ1n) is 8.60. The van der Waals surface area contributed by atoms with Crippen LogP contribution in [-0.2, 0) is 9.59 Å². The van der Waals surface area contributed by atoms with Crippen molar-refractivity contribution in [3.05, 3.63) is 59.9 Å². The molecular weight excluding hydrogens is 429 g/mol. The second-order valence-corrected chi connectivity index (χ2v) is 8.14. The monoisotopic (exact) mass is 445 g/mol. The highest BCUT2D eigenvalue weighted by molar-refractivity contribution is 8.01. The van der Waals surface area contributed by atoms with Crippen molar-refractivity contribution in [1.82, 2.24) is 10.2 Å². The number of hydrogen-bond donors (Lipinski definition) is 3. The lowest BCUT2D eigenvalue weighted by molar-refractivity contribution is -0.114. The molecule has 0 saturated heterocycles. The maximum absolute atomic E-state index is 13.2. The Labute approximate surface area is 179 Å². The van der Waals surface area contributed by atoms with Crippen LogP contribution in [0.4, 0.5) is 20.9 Å². The number of anilines is 3. The van der Waals surface area contributed by atoms with Crippen LogP contribution in [-0.4, -0.2) is 33.7 Å². The van der Waals surface area contributed by atoms with Crippen molar-refractivity contribution in [3.8, 4) is 0 Å². The van der Waals surface area contributed by atoms with E-state index in [1.54, 1.807) is 24.3 Å². The lowest BCUT2D eigenvalue weighted by Gasteiger charge is -2.07. The zero-order chi connectivity index (χ0) is 21.5. The van der Waals surface area contributed by atoms with E-state index in [0.717, 1.165) is 29.2 Å². The second-order valence-electron chi connectivity index (χ2n) is 5.94. The second kappa shape index (κ2) is 9.94. The molecule has 8 nitrogen and oxygen atoms in total. The van der Waals surface area contributed by atoms with Crippen LogP contribution >= 0.6 is 23.1 Å². The molecule has 154 valence electrons. The van der Waals surface area contributed by atoms with Gasteiger partial charge in [-0.1, -0.05) is 35.2 Å². The molecule has 0 aliphatic heterocycles. The first-order valence-corrected chi connectivity index (χ1v) is 10.4. The SMILES string of the molecule is CC(=O)Nc1cccc(NC(=O)CSc2nnc(NC(=O)c3cccc(F)c3)s2)c1. The van der Waals surface area contributed by atoms with Crippen molar-refractivity contribution in [2.24, 2.45) is 0 Å². The molecule has 3 N–H and O–H groups in total. The third-order valence-electron chi connectivity index (χ3n) is 3.51. The van der Waals surface area contributed by atoms with Gasteiger partial charge in [0.05, 0.1) is 5.75 Å². The van der Waals surface area contributed by atoms with Crippen LogP contribution in [0.2, 0.25) is 0 Å². The van der Waals surface area contributed by atoms with Crippen molar-refractivity contribution in [2.45, 2.75) is 11.3 Å². The van der Waals surface area contributed by atoms with Gasteiger partial charge in [0, 0.05) is 23.9 Å². The molecule has 1 aromatic heterocycles. The molecule has 0 aliphatic carbocycles. The number of rotatable bonds is 7. The smallest absolute Gasteiger partial charge is 0.257 e. The van der Waals surface area contributed by atoms with E-state index in [1.807, 2.05) is 0 Å². The largest absolute Gasteiger partial charge is 0.326 e. The molecule has 30 heavy (non-hydrogen) atoms. The number of halogens is 1. The lowest BCUT2D eigenvalue weighted by Crippen LogP contribution is -2.14. The van der Waals surface area contributed by atoms with Gasteiger partial charge in [0.1, 0.15) is 5.82 Å². The first kappa shape index (κ1) is 21.4. The molecule has 11 heteroatoms. The summed E-state index contributed by atoms with van der Waals surface area (Å²) in [5.74, 6) is -1.40. The van der Waals surface area contributed by atoms with E-state index in [2.05, 4.69) is 26.1 Å². The standard InChI is InChI=1S/C19H16FN5O3S2/c1-11(26)21-14-6-3-7-15(9-14)22-16(27)10-29-19-25-24-18(30-19)23-17(28)12-4-2-5-13(20)8-12/h2-9H,10H2,1H3,(H,21,26)(H,22,27)(H,23,24,28). The Bertz CT molecular complexity index is 1090. The Morgan fingerprint density at radius 3 is 2.47 bits per heavy atom. The zero-order valence-electron chi connectivity index (χ0n) is 15.6. The van der Waals surface area contributed by atoms with Crippen molar-refractivity contribution >= 4 is 57.3 Å². The van der Waals surface area contributed by atoms with Gasteiger partial charge in [0.15, 0.2) is 4.34 Å². The first-order chi connectivity index (χ1) is 14.4. The summed E-state index contributed by atoms with van der Waals surface area (Å²) in [7, 11) is 0. The Balaban J connectivity index is 1.51. The van der Waals surface area contributed by atoms with Crippen LogP contribution in [0.1, 0.15) is 17.3 Å². The minimum atomic E-state index is -0.509. The van der Waals surface area contributed by atoms with Gasteiger partial charge in [-0.05, 0) is 36.4 Å². The van der Waals surface area contributed by atoms with Gasteiger partial charge in [-0.15, -0.1) is 10.2 Å². The number of carbonyl (C=O) groups is 3. The molecular formula is C19H16FN5O3S2. The van der Waals surface area contributed by atoms with Gasteiger partial charge in [0.2, 0.25) is 16.9 Å². The molecule has 0 radical (unpaired) electrons. The Morgan fingerprint density at radius 2 is 1.73 bits per heavy atom. The van der Waals surface area contributed by atoms with Crippen molar-refractivity contribution in [2.75, 3.05) is 21.7 Å². The summed E-state index contributed by atoms with van der Waals surface area (Å²) in [6.45, 7) is 1.40. The molecule has 0 spiro atoms. The average molecular weight is 446 g/mol. The Kier molecular flexibility index (Phi) is 7.09. The van der Waals surface area contributed by atoms with Gasteiger partial charge < -0.3 is 10.6 Å². The van der Waals surface area contributed by atoms with Crippen LogP contribution in [0.15, 0.2) is 52.9 Å². The number of amides is 3. The molecule has 0 aliphatic rings. The molecule has 0 fully saturated rings. The molecule has 3 aromatic rings. The number of carbonyl (C=O) groups excluding carboxylic acids is 3. The molecule has 3 amide bonds. The molecule has 0 atom stereocenters. The highest BCUT2D eigenvalue weighted by atomic mass is 32.2. The van der Waals surface area contributed by atoms with Gasteiger partial charge in [-0.3, -0.25) is 19.7 Å². The van der Waals surface area contributed by atoms with Crippen molar-refractivity contribution < 1.29 is 18.8 Å². The zero-order valence-corrected chi connectivity index (χ0v) is 17.3. The summed E-state index contributed by atoms with van der Waals surface area (Å²) in [6.07, 6.45) is 0. The van der Waals surface area contributed by atoms with Crippen LogP contribution in [0.25, 0.3) is 0 Å². The fraction of sp³-hybridized carbons (Fsp3) is 0.105. The van der Waals surface area contributed by atoms with E-state index >= 15 is 0 Å². The molecule has 1 heterocycles. The third kappa shape index (κ3) is 6.36. The Hall–Kier alpha value is -3.31. The minimum absolute atomic E-state index is 0.0802. The molecule has 2 aromatic carbocycles. The number of nitrogens with zero attached hydrogens (tertiary/aromatic N) is 2. The Morgan fingerprint density at radius 1 is 1.00 bits per heavy atom. The molecule has 0 unspecified atom stereocenters. The molecule has 0 saturated carbocycles. The van der Waals surface area contributed by atoms with E-state index in [4.69, 9.17) is 0 Å². The summed E-state index contributed by atoms with van der Waals surface area (Å²) in [4.78, 5) is 35.4. The minimum Gasteiger partial charge on any atom is -0.326 e. The predicted octanol–water partition coefficient (Wildman–Crippen LogP) is 3.62. The summed E-state index contributed by atoms with van der Waals surface area (Å²) in [5.41, 5.74) is 1.29. The van der Waals surface area contributed by atoms with E-state index in [0.29, 0.717) is 15.7 Å². The van der Waals surface area contributed by atoms with Gasteiger partial charge in [0.25, 0.3) is 5.91 Å². The third-order valence-corrected chi connectivity index (χ3v) is 5.48. The quantitative estimate of drug-likeness (QED) is 0.378. The highest BCUT2D eigenvalue weighted by Crippen LogP contribution is 2.26. The maximum Gasteiger partial charge on any atom is 0.257 e.